The molecule has 1 amide bonds. The molecule has 0 spiro atoms. The van der Waals surface area contributed by atoms with Crippen LogP contribution < -0.4 is 5.32 Å². The molecule has 0 unspecified atom stereocenters. The van der Waals surface area contributed by atoms with Crippen LogP contribution in [0.1, 0.15) is 28.5 Å². The van der Waals surface area contributed by atoms with Gasteiger partial charge in [-0.3, -0.25) is 9.78 Å². The predicted octanol–water partition coefficient (Wildman–Crippen LogP) is 2.73. The van der Waals surface area contributed by atoms with E-state index in [0.29, 0.717) is 16.7 Å². The van der Waals surface area contributed by atoms with Gasteiger partial charge in [0, 0.05) is 18.0 Å². The SMILES string of the molecule is CCc1cccnc1CNC(=O)c1ccnc(Br)c1. The molecule has 98 valence electrons. The predicted molar refractivity (Wildman–Crippen MR) is 76.7 cm³/mol. The largest absolute Gasteiger partial charge is 0.346 e. The second-order valence-corrected chi connectivity index (χ2v) is 4.83. The van der Waals surface area contributed by atoms with E-state index in [1.165, 1.54) is 0 Å². The van der Waals surface area contributed by atoms with Gasteiger partial charge >= 0.3 is 0 Å². The minimum Gasteiger partial charge on any atom is -0.346 e. The van der Waals surface area contributed by atoms with Gasteiger partial charge in [-0.15, -0.1) is 0 Å². The fourth-order valence-corrected chi connectivity index (χ4v) is 2.13. The summed E-state index contributed by atoms with van der Waals surface area (Å²) in [6, 6.07) is 7.30. The molecule has 0 aliphatic rings. The Morgan fingerprint density at radius 1 is 1.32 bits per heavy atom. The summed E-state index contributed by atoms with van der Waals surface area (Å²) in [5, 5.41) is 2.87. The zero-order valence-electron chi connectivity index (χ0n) is 10.6. The first-order valence-electron chi connectivity index (χ1n) is 6.03. The maximum atomic E-state index is 12.0. The Balaban J connectivity index is 2.04. The lowest BCUT2D eigenvalue weighted by molar-refractivity contribution is 0.0950. The highest BCUT2D eigenvalue weighted by Gasteiger charge is 2.07. The van der Waals surface area contributed by atoms with E-state index < -0.39 is 0 Å². The van der Waals surface area contributed by atoms with Gasteiger partial charge in [-0.1, -0.05) is 13.0 Å². The monoisotopic (exact) mass is 319 g/mol. The third-order valence-corrected chi connectivity index (χ3v) is 3.20. The summed E-state index contributed by atoms with van der Waals surface area (Å²) >= 11 is 3.25. The highest BCUT2D eigenvalue weighted by atomic mass is 79.9. The number of amides is 1. The smallest absolute Gasteiger partial charge is 0.251 e. The maximum absolute atomic E-state index is 12.0. The van der Waals surface area contributed by atoms with Crippen molar-refractivity contribution in [2.75, 3.05) is 0 Å². The summed E-state index contributed by atoms with van der Waals surface area (Å²) in [5.41, 5.74) is 2.64. The van der Waals surface area contributed by atoms with Crippen LogP contribution in [-0.4, -0.2) is 15.9 Å². The summed E-state index contributed by atoms with van der Waals surface area (Å²) in [7, 11) is 0. The first-order valence-corrected chi connectivity index (χ1v) is 6.82. The summed E-state index contributed by atoms with van der Waals surface area (Å²) in [5.74, 6) is -0.129. The molecule has 0 aliphatic heterocycles. The van der Waals surface area contributed by atoms with Gasteiger partial charge in [0.05, 0.1) is 12.2 Å². The van der Waals surface area contributed by atoms with E-state index in [1.807, 2.05) is 12.1 Å². The van der Waals surface area contributed by atoms with Gasteiger partial charge in [-0.25, -0.2) is 4.98 Å². The number of aryl methyl sites for hydroxylation is 1. The fourth-order valence-electron chi connectivity index (χ4n) is 1.76. The van der Waals surface area contributed by atoms with Crippen LogP contribution in [0.15, 0.2) is 41.3 Å². The van der Waals surface area contributed by atoms with Gasteiger partial charge in [0.1, 0.15) is 4.60 Å². The quantitative estimate of drug-likeness (QED) is 0.881. The van der Waals surface area contributed by atoms with E-state index in [-0.39, 0.29) is 5.91 Å². The minimum absolute atomic E-state index is 0.129. The molecule has 2 aromatic heterocycles. The van der Waals surface area contributed by atoms with Crippen LogP contribution in [0.2, 0.25) is 0 Å². The van der Waals surface area contributed by atoms with Crippen molar-refractivity contribution in [3.05, 3.63) is 58.1 Å². The van der Waals surface area contributed by atoms with Gasteiger partial charge in [-0.2, -0.15) is 0 Å². The van der Waals surface area contributed by atoms with Crippen molar-refractivity contribution in [3.63, 3.8) is 0 Å². The third-order valence-electron chi connectivity index (χ3n) is 2.77. The number of hydrogen-bond donors (Lipinski definition) is 1. The van der Waals surface area contributed by atoms with Gasteiger partial charge in [0.2, 0.25) is 0 Å². The number of halogens is 1. The van der Waals surface area contributed by atoms with Crippen molar-refractivity contribution in [1.82, 2.24) is 15.3 Å². The lowest BCUT2D eigenvalue weighted by Gasteiger charge is -2.08. The Kier molecular flexibility index (Phi) is 4.63. The van der Waals surface area contributed by atoms with E-state index >= 15 is 0 Å². The number of hydrogen-bond acceptors (Lipinski definition) is 3. The highest BCUT2D eigenvalue weighted by molar-refractivity contribution is 9.10. The van der Waals surface area contributed by atoms with E-state index in [4.69, 9.17) is 0 Å². The molecule has 5 heteroatoms. The summed E-state index contributed by atoms with van der Waals surface area (Å²) in [6.07, 6.45) is 4.24. The lowest BCUT2D eigenvalue weighted by atomic mass is 10.1. The van der Waals surface area contributed by atoms with Crippen LogP contribution in [0.4, 0.5) is 0 Å². The molecule has 2 rings (SSSR count). The number of carbonyl (C=O) groups is 1. The molecule has 0 bridgehead atoms. The fraction of sp³-hybridized carbons (Fsp3) is 0.214. The van der Waals surface area contributed by atoms with Crippen LogP contribution >= 0.6 is 15.9 Å². The standard InChI is InChI=1S/C14H14BrN3O/c1-2-10-4-3-6-16-12(10)9-18-14(19)11-5-7-17-13(15)8-11/h3-8H,2,9H2,1H3,(H,18,19). The number of nitrogens with one attached hydrogen (secondary N) is 1. The molecular weight excluding hydrogens is 306 g/mol. The number of aromatic nitrogens is 2. The molecule has 0 atom stereocenters. The number of rotatable bonds is 4. The van der Waals surface area contributed by atoms with E-state index in [0.717, 1.165) is 17.7 Å². The van der Waals surface area contributed by atoms with Crippen LogP contribution in [-0.2, 0) is 13.0 Å². The Morgan fingerprint density at radius 2 is 2.16 bits per heavy atom. The second kappa shape index (κ2) is 6.43. The molecule has 0 aromatic carbocycles. The normalized spacial score (nSPS) is 10.2. The lowest BCUT2D eigenvalue weighted by Crippen LogP contribution is -2.24. The van der Waals surface area contributed by atoms with Crippen molar-refractivity contribution >= 4 is 21.8 Å². The zero-order valence-corrected chi connectivity index (χ0v) is 12.1. The number of carbonyl (C=O) groups excluding carboxylic acids is 1. The summed E-state index contributed by atoms with van der Waals surface area (Å²) in [6.45, 7) is 2.51. The van der Waals surface area contributed by atoms with E-state index in [1.54, 1.807) is 24.5 Å². The van der Waals surface area contributed by atoms with Crippen LogP contribution in [0.3, 0.4) is 0 Å². The molecule has 1 N–H and O–H groups in total. The van der Waals surface area contributed by atoms with Crippen molar-refractivity contribution < 1.29 is 4.79 Å². The molecule has 0 radical (unpaired) electrons. The Morgan fingerprint density at radius 3 is 2.89 bits per heavy atom. The molecule has 0 aliphatic carbocycles. The minimum atomic E-state index is -0.129. The van der Waals surface area contributed by atoms with Crippen LogP contribution in [0.25, 0.3) is 0 Å². The molecule has 0 saturated carbocycles. The topological polar surface area (TPSA) is 54.9 Å². The highest BCUT2D eigenvalue weighted by Crippen LogP contribution is 2.09. The zero-order chi connectivity index (χ0) is 13.7. The summed E-state index contributed by atoms with van der Waals surface area (Å²) < 4.78 is 0.646. The van der Waals surface area contributed by atoms with Crippen molar-refractivity contribution in [1.29, 1.82) is 0 Å². The number of pyridine rings is 2. The average molecular weight is 320 g/mol. The van der Waals surface area contributed by atoms with Crippen LogP contribution in [0.5, 0.6) is 0 Å². The van der Waals surface area contributed by atoms with Crippen molar-refractivity contribution in [2.24, 2.45) is 0 Å². The Hall–Kier alpha value is -1.75. The molecule has 0 fully saturated rings. The van der Waals surface area contributed by atoms with Crippen LogP contribution in [0, 0.1) is 0 Å². The van der Waals surface area contributed by atoms with Gasteiger partial charge in [0.25, 0.3) is 5.91 Å². The molecule has 0 saturated heterocycles. The van der Waals surface area contributed by atoms with Gasteiger partial charge < -0.3 is 5.32 Å². The summed E-state index contributed by atoms with van der Waals surface area (Å²) in [4.78, 5) is 20.3. The Labute approximate surface area is 120 Å². The second-order valence-electron chi connectivity index (χ2n) is 4.01. The van der Waals surface area contributed by atoms with Crippen molar-refractivity contribution in [3.8, 4) is 0 Å². The van der Waals surface area contributed by atoms with Crippen molar-refractivity contribution in [2.45, 2.75) is 19.9 Å². The first kappa shape index (κ1) is 13.7. The number of nitrogens with zero attached hydrogens (tertiary/aromatic N) is 2. The molecular formula is C14H14BrN3O. The molecule has 2 heterocycles. The van der Waals surface area contributed by atoms with Gasteiger partial charge in [-0.05, 0) is 46.1 Å². The first-order chi connectivity index (χ1) is 9.20. The Bertz CT molecular complexity index is 586. The molecule has 2 aromatic rings. The third kappa shape index (κ3) is 3.61. The van der Waals surface area contributed by atoms with Gasteiger partial charge in [0.15, 0.2) is 0 Å². The van der Waals surface area contributed by atoms with E-state index in [2.05, 4.69) is 38.1 Å². The average Bonchev–Trinajstić information content (AvgIpc) is 2.45. The molecule has 19 heavy (non-hydrogen) atoms. The molecule has 4 nitrogen and oxygen atoms in total. The van der Waals surface area contributed by atoms with E-state index in [9.17, 15) is 4.79 Å². The maximum Gasteiger partial charge on any atom is 0.251 e.